The van der Waals surface area contributed by atoms with Gasteiger partial charge in [-0.2, -0.15) is 0 Å². The van der Waals surface area contributed by atoms with Gasteiger partial charge in [-0.15, -0.1) is 0 Å². The minimum atomic E-state index is -0.256. The first-order valence-electron chi connectivity index (χ1n) is 10.8. The first-order valence-corrected chi connectivity index (χ1v) is 10.8. The second-order valence-corrected chi connectivity index (χ2v) is 9.72. The number of fused-ring (bicyclic) bond motifs is 3. The highest BCUT2D eigenvalue weighted by Crippen LogP contribution is 2.47. The Kier molecular flexibility index (Phi) is 4.44. The second kappa shape index (κ2) is 6.94. The second-order valence-electron chi connectivity index (χ2n) is 9.72. The molecule has 4 heteroatoms. The van der Waals surface area contributed by atoms with Gasteiger partial charge in [0.05, 0.1) is 18.4 Å². The summed E-state index contributed by atoms with van der Waals surface area (Å²) in [7, 11) is 1.72. The number of pyridine rings is 1. The quantitative estimate of drug-likeness (QED) is 0.559. The van der Waals surface area contributed by atoms with Crippen molar-refractivity contribution in [1.29, 1.82) is 0 Å². The van der Waals surface area contributed by atoms with Crippen LogP contribution in [0.25, 0.3) is 11.1 Å². The Morgan fingerprint density at radius 2 is 1.52 bits per heavy atom. The number of aliphatic imine (C=N–C) groups is 1. The fourth-order valence-electron chi connectivity index (χ4n) is 4.79. The molecule has 0 saturated heterocycles. The van der Waals surface area contributed by atoms with Crippen LogP contribution < -0.4 is 9.47 Å². The summed E-state index contributed by atoms with van der Waals surface area (Å²) in [6.45, 7) is 8.65. The Morgan fingerprint density at radius 3 is 2.19 bits per heavy atom. The van der Waals surface area contributed by atoms with E-state index < -0.39 is 0 Å². The molecule has 4 nitrogen and oxygen atoms in total. The van der Waals surface area contributed by atoms with E-state index in [4.69, 9.17) is 14.5 Å². The number of methoxy groups -OCH3 is 1. The Balaban J connectivity index is 1.66. The van der Waals surface area contributed by atoms with Gasteiger partial charge in [-0.25, -0.2) is 0 Å². The number of benzene rings is 2. The van der Waals surface area contributed by atoms with E-state index in [2.05, 4.69) is 63.0 Å². The van der Waals surface area contributed by atoms with Crippen LogP contribution >= 0.6 is 0 Å². The number of hydrogen-bond donors (Lipinski definition) is 0. The molecule has 1 aromatic heterocycles. The molecule has 0 bridgehead atoms. The third-order valence-electron chi connectivity index (χ3n) is 6.07. The molecule has 0 saturated carbocycles. The lowest BCUT2D eigenvalue weighted by Gasteiger charge is -2.31. The van der Waals surface area contributed by atoms with Crippen LogP contribution in [-0.2, 0) is 12.8 Å². The van der Waals surface area contributed by atoms with Gasteiger partial charge < -0.3 is 9.47 Å². The predicted octanol–water partition coefficient (Wildman–Crippen LogP) is 5.64. The molecule has 31 heavy (non-hydrogen) atoms. The largest absolute Gasteiger partial charge is 0.493 e. The Hall–Kier alpha value is -3.14. The SMILES string of the molecule is COc1cc2c(c3c1OC(C)(C)C3)C(c1ccc(-c3ccncc3)cc1)=NC(C)(C)C2. The van der Waals surface area contributed by atoms with Crippen molar-refractivity contribution in [3.8, 4) is 22.6 Å². The lowest BCUT2D eigenvalue weighted by atomic mass is 9.81. The van der Waals surface area contributed by atoms with Crippen molar-refractivity contribution in [2.24, 2.45) is 4.99 Å². The summed E-state index contributed by atoms with van der Waals surface area (Å²) >= 11 is 0. The highest BCUT2D eigenvalue weighted by Gasteiger charge is 2.39. The van der Waals surface area contributed by atoms with Gasteiger partial charge in [0.1, 0.15) is 5.60 Å². The molecular formula is C27H28N2O2. The molecule has 0 N–H and O–H groups in total. The molecule has 2 aliphatic heterocycles. The number of aromatic nitrogens is 1. The molecule has 0 atom stereocenters. The van der Waals surface area contributed by atoms with Crippen LogP contribution in [0.15, 0.2) is 59.9 Å². The van der Waals surface area contributed by atoms with E-state index in [1.165, 1.54) is 22.3 Å². The summed E-state index contributed by atoms with van der Waals surface area (Å²) < 4.78 is 12.0. The zero-order valence-electron chi connectivity index (χ0n) is 18.8. The maximum Gasteiger partial charge on any atom is 0.166 e. The van der Waals surface area contributed by atoms with Gasteiger partial charge in [0.25, 0.3) is 0 Å². The molecule has 5 rings (SSSR count). The number of nitrogens with zero attached hydrogens (tertiary/aromatic N) is 2. The number of rotatable bonds is 3. The molecule has 2 aliphatic rings. The molecule has 0 unspecified atom stereocenters. The van der Waals surface area contributed by atoms with Crippen LogP contribution in [-0.4, -0.2) is 28.9 Å². The first kappa shape index (κ1) is 19.8. The standard InChI is InChI=1S/C27H28N2O2/c1-26(2)15-20-14-22(30-5)25-21(16-27(3,4)31-25)23(20)24(29-26)19-8-6-17(7-9-19)18-10-12-28-13-11-18/h6-14H,15-16H2,1-5H3. The zero-order chi connectivity index (χ0) is 21.8. The fourth-order valence-corrected chi connectivity index (χ4v) is 4.79. The maximum atomic E-state index is 6.31. The van der Waals surface area contributed by atoms with E-state index in [1.807, 2.05) is 24.5 Å². The van der Waals surface area contributed by atoms with Gasteiger partial charge in [-0.1, -0.05) is 24.3 Å². The van der Waals surface area contributed by atoms with Crippen molar-refractivity contribution in [2.45, 2.75) is 51.7 Å². The molecule has 0 amide bonds. The topological polar surface area (TPSA) is 43.7 Å². The Labute approximate surface area is 184 Å². The molecule has 2 aromatic carbocycles. The van der Waals surface area contributed by atoms with Gasteiger partial charge in [-0.05, 0) is 69.0 Å². The summed E-state index contributed by atoms with van der Waals surface area (Å²) in [6.07, 6.45) is 5.37. The molecule has 3 aromatic rings. The average Bonchev–Trinajstić information content (AvgIpc) is 3.07. The maximum absolute atomic E-state index is 6.31. The van der Waals surface area contributed by atoms with Crippen molar-refractivity contribution in [3.05, 3.63) is 77.1 Å². The van der Waals surface area contributed by atoms with E-state index in [1.54, 1.807) is 7.11 Å². The van der Waals surface area contributed by atoms with Crippen molar-refractivity contribution in [3.63, 3.8) is 0 Å². The van der Waals surface area contributed by atoms with Gasteiger partial charge in [-0.3, -0.25) is 9.98 Å². The van der Waals surface area contributed by atoms with E-state index in [-0.39, 0.29) is 11.1 Å². The third kappa shape index (κ3) is 3.50. The first-order chi connectivity index (χ1) is 14.8. The van der Waals surface area contributed by atoms with Crippen LogP contribution in [0.5, 0.6) is 11.5 Å². The van der Waals surface area contributed by atoms with Crippen molar-refractivity contribution >= 4 is 5.71 Å². The van der Waals surface area contributed by atoms with Crippen LogP contribution in [0.1, 0.15) is 49.9 Å². The minimum Gasteiger partial charge on any atom is -0.493 e. The van der Waals surface area contributed by atoms with E-state index in [0.717, 1.165) is 41.2 Å². The molecule has 3 heterocycles. The van der Waals surface area contributed by atoms with Gasteiger partial charge in [0, 0.05) is 35.5 Å². The lowest BCUT2D eigenvalue weighted by Crippen LogP contribution is -2.30. The van der Waals surface area contributed by atoms with E-state index in [9.17, 15) is 0 Å². The highest BCUT2D eigenvalue weighted by molar-refractivity contribution is 6.16. The summed E-state index contributed by atoms with van der Waals surface area (Å²) in [6, 6.07) is 14.9. The van der Waals surface area contributed by atoms with Crippen LogP contribution in [0, 0.1) is 0 Å². The van der Waals surface area contributed by atoms with Crippen molar-refractivity contribution in [1.82, 2.24) is 4.98 Å². The molecule has 0 aliphatic carbocycles. The smallest absolute Gasteiger partial charge is 0.166 e. The number of ether oxygens (including phenoxy) is 2. The average molecular weight is 413 g/mol. The third-order valence-corrected chi connectivity index (χ3v) is 6.07. The number of hydrogen-bond acceptors (Lipinski definition) is 4. The van der Waals surface area contributed by atoms with Crippen LogP contribution in [0.4, 0.5) is 0 Å². The molecule has 0 radical (unpaired) electrons. The van der Waals surface area contributed by atoms with Crippen LogP contribution in [0.3, 0.4) is 0 Å². The molecular weight excluding hydrogens is 384 g/mol. The fraction of sp³-hybridized carbons (Fsp3) is 0.333. The summed E-state index contributed by atoms with van der Waals surface area (Å²) in [5, 5.41) is 0. The Morgan fingerprint density at radius 1 is 0.871 bits per heavy atom. The van der Waals surface area contributed by atoms with Crippen LogP contribution in [0.2, 0.25) is 0 Å². The molecule has 0 spiro atoms. The molecule has 0 fully saturated rings. The molecule has 158 valence electrons. The zero-order valence-corrected chi connectivity index (χ0v) is 18.8. The van der Waals surface area contributed by atoms with Gasteiger partial charge in [0.15, 0.2) is 11.5 Å². The Bertz CT molecular complexity index is 1180. The van der Waals surface area contributed by atoms with Crippen molar-refractivity contribution < 1.29 is 9.47 Å². The summed E-state index contributed by atoms with van der Waals surface area (Å²) in [4.78, 5) is 9.34. The van der Waals surface area contributed by atoms with E-state index >= 15 is 0 Å². The van der Waals surface area contributed by atoms with Crippen molar-refractivity contribution in [2.75, 3.05) is 7.11 Å². The normalized spacial score (nSPS) is 17.9. The summed E-state index contributed by atoms with van der Waals surface area (Å²) in [5.74, 6) is 1.69. The predicted molar refractivity (Wildman–Crippen MR) is 125 cm³/mol. The minimum absolute atomic E-state index is 0.180. The summed E-state index contributed by atoms with van der Waals surface area (Å²) in [5.41, 5.74) is 7.79. The lowest BCUT2D eigenvalue weighted by molar-refractivity contribution is 0.134. The monoisotopic (exact) mass is 412 g/mol. The highest BCUT2D eigenvalue weighted by atomic mass is 16.5. The van der Waals surface area contributed by atoms with Gasteiger partial charge >= 0.3 is 0 Å². The van der Waals surface area contributed by atoms with Gasteiger partial charge in [0.2, 0.25) is 0 Å². The van der Waals surface area contributed by atoms with E-state index in [0.29, 0.717) is 0 Å².